The molecule has 1 aromatic heterocycles. The summed E-state index contributed by atoms with van der Waals surface area (Å²) in [5.74, 6) is 0.250. The van der Waals surface area contributed by atoms with E-state index in [0.29, 0.717) is 30.9 Å². The molecule has 5 nitrogen and oxygen atoms in total. The smallest absolute Gasteiger partial charge is 0.191 e. The molecule has 0 radical (unpaired) electrons. The van der Waals surface area contributed by atoms with Gasteiger partial charge in [0.1, 0.15) is 12.1 Å². The van der Waals surface area contributed by atoms with E-state index in [0.717, 1.165) is 5.16 Å². The van der Waals surface area contributed by atoms with Gasteiger partial charge in [0.05, 0.1) is 6.61 Å². The number of benzene rings is 1. The lowest BCUT2D eigenvalue weighted by molar-refractivity contribution is 0.0989. The van der Waals surface area contributed by atoms with Crippen LogP contribution in [0.2, 0.25) is 0 Å². The Morgan fingerprint density at radius 3 is 2.86 bits per heavy atom. The first kappa shape index (κ1) is 15.7. The number of hydrogen-bond acceptors (Lipinski definition) is 5. The number of hydrogen-bond donors (Lipinski definition) is 0. The van der Waals surface area contributed by atoms with Crippen LogP contribution in [-0.4, -0.2) is 40.0 Å². The second-order valence-electron chi connectivity index (χ2n) is 4.33. The van der Waals surface area contributed by atoms with Crippen LogP contribution in [0.5, 0.6) is 0 Å². The summed E-state index contributed by atoms with van der Waals surface area (Å²) in [6, 6.07) is 5.59. The fourth-order valence-electron chi connectivity index (χ4n) is 1.71. The topological polar surface area (TPSA) is 57.0 Å². The third-order valence-corrected chi connectivity index (χ3v) is 3.83. The van der Waals surface area contributed by atoms with Gasteiger partial charge in [-0.1, -0.05) is 11.8 Å². The van der Waals surface area contributed by atoms with Crippen LogP contribution < -0.4 is 0 Å². The zero-order valence-electron chi connectivity index (χ0n) is 11.7. The molecule has 0 aliphatic heterocycles. The number of nitrogens with zero attached hydrogens (tertiary/aromatic N) is 3. The predicted molar refractivity (Wildman–Crippen MR) is 78.0 cm³/mol. The fourth-order valence-corrected chi connectivity index (χ4v) is 2.59. The summed E-state index contributed by atoms with van der Waals surface area (Å²) in [5, 5.41) is 8.62. The molecule has 0 bridgehead atoms. The number of ether oxygens (including phenoxy) is 1. The molecule has 0 aliphatic rings. The van der Waals surface area contributed by atoms with Gasteiger partial charge in [-0.3, -0.25) is 4.79 Å². The minimum atomic E-state index is -0.341. The number of Topliss-reactive ketones (excluding diaryl/α,β-unsaturated/α-hetero) is 1. The fraction of sp³-hybridized carbons (Fsp3) is 0.357. The molecule has 2 aromatic rings. The summed E-state index contributed by atoms with van der Waals surface area (Å²) in [4.78, 5) is 11.9. The van der Waals surface area contributed by atoms with Crippen molar-refractivity contribution in [3.63, 3.8) is 0 Å². The third-order valence-electron chi connectivity index (χ3n) is 2.84. The lowest BCUT2D eigenvalue weighted by atomic mass is 10.1. The predicted octanol–water partition coefficient (Wildman–Crippen LogP) is 2.43. The van der Waals surface area contributed by atoms with Crippen LogP contribution in [0, 0.1) is 5.82 Å². The van der Waals surface area contributed by atoms with Gasteiger partial charge in [0, 0.05) is 31.4 Å². The molecule has 21 heavy (non-hydrogen) atoms. The Balaban J connectivity index is 1.82. The Morgan fingerprint density at radius 1 is 1.38 bits per heavy atom. The average Bonchev–Trinajstić information content (AvgIpc) is 2.93. The normalized spacial score (nSPS) is 10.8. The molecule has 0 spiro atoms. The van der Waals surface area contributed by atoms with Gasteiger partial charge in [0.2, 0.25) is 0 Å². The Bertz CT molecular complexity index is 586. The third kappa shape index (κ3) is 4.64. The first-order valence-electron chi connectivity index (χ1n) is 6.49. The number of carbonyl (C=O) groups is 1. The van der Waals surface area contributed by atoms with E-state index in [1.54, 1.807) is 13.4 Å². The summed E-state index contributed by atoms with van der Waals surface area (Å²) in [7, 11) is 1.64. The van der Waals surface area contributed by atoms with E-state index < -0.39 is 0 Å². The van der Waals surface area contributed by atoms with Gasteiger partial charge in [-0.25, -0.2) is 4.39 Å². The Kier molecular flexibility index (Phi) is 5.89. The summed E-state index contributed by atoms with van der Waals surface area (Å²) in [5.41, 5.74) is 0.526. The molecule has 0 aliphatic carbocycles. The summed E-state index contributed by atoms with van der Waals surface area (Å²) in [6.07, 6.45) is 2.01. The first-order valence-corrected chi connectivity index (χ1v) is 7.47. The Labute approximate surface area is 126 Å². The van der Waals surface area contributed by atoms with E-state index in [-0.39, 0.29) is 11.6 Å². The number of carbonyl (C=O) groups excluding carboxylic acids is 1. The number of halogens is 1. The van der Waals surface area contributed by atoms with Crippen LogP contribution in [0.1, 0.15) is 16.8 Å². The Morgan fingerprint density at radius 2 is 2.14 bits per heavy atom. The second-order valence-corrected chi connectivity index (χ2v) is 5.39. The SMILES string of the molecule is COCCn1cnnc1SCCC(=O)c1ccc(F)cc1. The first-order chi connectivity index (χ1) is 10.2. The van der Waals surface area contributed by atoms with E-state index >= 15 is 0 Å². The molecule has 0 fully saturated rings. The van der Waals surface area contributed by atoms with E-state index in [1.807, 2.05) is 4.57 Å². The number of ketones is 1. The largest absolute Gasteiger partial charge is 0.383 e. The van der Waals surface area contributed by atoms with Gasteiger partial charge in [-0.15, -0.1) is 10.2 Å². The average molecular weight is 309 g/mol. The molecule has 1 heterocycles. The molecule has 0 saturated carbocycles. The van der Waals surface area contributed by atoms with Crippen LogP contribution in [0.15, 0.2) is 35.7 Å². The molecule has 7 heteroatoms. The van der Waals surface area contributed by atoms with Gasteiger partial charge in [0.25, 0.3) is 0 Å². The number of rotatable bonds is 8. The molecule has 0 unspecified atom stereocenters. The molecule has 2 rings (SSSR count). The van der Waals surface area contributed by atoms with Crippen LogP contribution >= 0.6 is 11.8 Å². The van der Waals surface area contributed by atoms with Crippen molar-refractivity contribution in [3.05, 3.63) is 42.0 Å². The molecule has 0 atom stereocenters. The van der Waals surface area contributed by atoms with Crippen LogP contribution in [0.3, 0.4) is 0 Å². The zero-order chi connectivity index (χ0) is 15.1. The Hall–Kier alpha value is -1.73. The lowest BCUT2D eigenvalue weighted by Gasteiger charge is -2.05. The van der Waals surface area contributed by atoms with Gasteiger partial charge >= 0.3 is 0 Å². The van der Waals surface area contributed by atoms with Crippen molar-refractivity contribution in [3.8, 4) is 0 Å². The summed E-state index contributed by atoms with van der Waals surface area (Å²) < 4.78 is 19.7. The van der Waals surface area contributed by atoms with Crippen molar-refractivity contribution >= 4 is 17.5 Å². The second kappa shape index (κ2) is 7.90. The molecule has 1 aromatic carbocycles. The number of methoxy groups -OCH3 is 1. The number of thioether (sulfide) groups is 1. The highest BCUT2D eigenvalue weighted by atomic mass is 32.2. The highest BCUT2D eigenvalue weighted by Gasteiger charge is 2.09. The molecule has 0 saturated heterocycles. The van der Waals surface area contributed by atoms with Crippen molar-refractivity contribution in [1.29, 1.82) is 0 Å². The van der Waals surface area contributed by atoms with Gasteiger partial charge in [-0.05, 0) is 24.3 Å². The lowest BCUT2D eigenvalue weighted by Crippen LogP contribution is -2.05. The molecule has 0 N–H and O–H groups in total. The maximum atomic E-state index is 12.8. The maximum Gasteiger partial charge on any atom is 0.191 e. The van der Waals surface area contributed by atoms with Crippen molar-refractivity contribution in [2.24, 2.45) is 0 Å². The van der Waals surface area contributed by atoms with Crippen molar-refractivity contribution < 1.29 is 13.9 Å². The van der Waals surface area contributed by atoms with E-state index in [9.17, 15) is 9.18 Å². The molecular formula is C14H16FN3O2S. The van der Waals surface area contributed by atoms with Crippen LogP contribution in [0.4, 0.5) is 4.39 Å². The zero-order valence-corrected chi connectivity index (χ0v) is 12.5. The van der Waals surface area contributed by atoms with Crippen molar-refractivity contribution in [2.75, 3.05) is 19.5 Å². The van der Waals surface area contributed by atoms with E-state index in [1.165, 1.54) is 36.0 Å². The van der Waals surface area contributed by atoms with Crippen molar-refractivity contribution in [1.82, 2.24) is 14.8 Å². The summed E-state index contributed by atoms with van der Waals surface area (Å²) >= 11 is 1.47. The van der Waals surface area contributed by atoms with Crippen LogP contribution in [0.25, 0.3) is 0 Å². The molecule has 0 amide bonds. The molecular weight excluding hydrogens is 293 g/mol. The van der Waals surface area contributed by atoms with E-state index in [2.05, 4.69) is 10.2 Å². The van der Waals surface area contributed by atoms with Gasteiger partial charge in [0.15, 0.2) is 10.9 Å². The van der Waals surface area contributed by atoms with Gasteiger partial charge in [-0.2, -0.15) is 0 Å². The molecule has 112 valence electrons. The number of aromatic nitrogens is 3. The quantitative estimate of drug-likeness (QED) is 0.554. The maximum absolute atomic E-state index is 12.8. The summed E-state index contributed by atoms with van der Waals surface area (Å²) in [6.45, 7) is 1.26. The van der Waals surface area contributed by atoms with Crippen LogP contribution in [-0.2, 0) is 11.3 Å². The van der Waals surface area contributed by atoms with E-state index in [4.69, 9.17) is 4.74 Å². The standard InChI is InChI=1S/C14H16FN3O2S/c1-20-8-7-18-10-16-17-14(18)21-9-6-13(19)11-2-4-12(15)5-3-11/h2-5,10H,6-9H2,1H3. The minimum absolute atomic E-state index is 0.00884. The minimum Gasteiger partial charge on any atom is -0.383 e. The monoisotopic (exact) mass is 309 g/mol. The highest BCUT2D eigenvalue weighted by Crippen LogP contribution is 2.17. The van der Waals surface area contributed by atoms with Gasteiger partial charge < -0.3 is 9.30 Å². The highest BCUT2D eigenvalue weighted by molar-refractivity contribution is 7.99. The van der Waals surface area contributed by atoms with Crippen molar-refractivity contribution in [2.45, 2.75) is 18.1 Å².